The summed E-state index contributed by atoms with van der Waals surface area (Å²) in [6, 6.07) is 4.97. The lowest BCUT2D eigenvalue weighted by molar-refractivity contribution is 0.153. The maximum Gasteiger partial charge on any atom is 0.123 e. The molecule has 0 aliphatic carbocycles. The average Bonchev–Trinajstić information content (AvgIpc) is 2.51. The van der Waals surface area contributed by atoms with Gasteiger partial charge in [0.2, 0.25) is 0 Å². The molecule has 0 saturated carbocycles. The molecule has 0 bridgehead atoms. The Bertz CT molecular complexity index is 567. The summed E-state index contributed by atoms with van der Waals surface area (Å²) < 4.78 is 0. The average molecular weight is 361 g/mol. The fourth-order valence-electron chi connectivity index (χ4n) is 3.93. The number of nitrogens with zero attached hydrogens (tertiary/aromatic N) is 1. The molecule has 1 aliphatic rings. The second-order valence-corrected chi connectivity index (χ2v) is 10.4. The Hall–Kier alpha value is -1.06. The number of aromatic hydroxyl groups is 1. The Balaban J connectivity index is 2.59. The standard InChI is InChI=1S/C23H40N2O/c1-16(2)13-20(25-11-9-24-10-12-25)17-14-18(22(3,4)5)21(26)19(15-17)23(6,7)8/h14-16,20,24,26H,9-13H2,1-8H3/t20-/m1/s1. The van der Waals surface area contributed by atoms with Gasteiger partial charge < -0.3 is 10.4 Å². The van der Waals surface area contributed by atoms with Gasteiger partial charge in [0.15, 0.2) is 0 Å². The SMILES string of the molecule is CC(C)C[C@H](c1cc(C(C)(C)C)c(O)c(C(C)(C)C)c1)N1CCNCC1. The Kier molecular flexibility index (Phi) is 6.45. The van der Waals surface area contributed by atoms with Gasteiger partial charge in [0.1, 0.15) is 5.75 Å². The van der Waals surface area contributed by atoms with Gasteiger partial charge in [-0.2, -0.15) is 0 Å². The number of nitrogens with one attached hydrogen (secondary N) is 1. The summed E-state index contributed by atoms with van der Waals surface area (Å²) in [6.07, 6.45) is 1.15. The molecule has 1 atom stereocenters. The van der Waals surface area contributed by atoms with Crippen molar-refractivity contribution in [1.29, 1.82) is 0 Å². The molecule has 2 rings (SSSR count). The first kappa shape index (κ1) is 21.2. The van der Waals surface area contributed by atoms with Crippen LogP contribution < -0.4 is 5.32 Å². The molecule has 0 aromatic heterocycles. The van der Waals surface area contributed by atoms with Crippen LogP contribution in [0.1, 0.15) is 84.5 Å². The van der Waals surface area contributed by atoms with Crippen molar-refractivity contribution in [2.24, 2.45) is 5.92 Å². The molecule has 1 aromatic rings. The van der Waals surface area contributed by atoms with Crippen molar-refractivity contribution in [3.05, 3.63) is 28.8 Å². The molecule has 0 radical (unpaired) electrons. The minimum absolute atomic E-state index is 0.0775. The van der Waals surface area contributed by atoms with Crippen molar-refractivity contribution >= 4 is 0 Å². The summed E-state index contributed by atoms with van der Waals surface area (Å²) in [5, 5.41) is 14.5. The van der Waals surface area contributed by atoms with Gasteiger partial charge in [-0.1, -0.05) is 55.4 Å². The fourth-order valence-corrected chi connectivity index (χ4v) is 3.93. The molecular formula is C23H40N2O. The fraction of sp³-hybridized carbons (Fsp3) is 0.739. The molecule has 1 fully saturated rings. The van der Waals surface area contributed by atoms with Gasteiger partial charge in [0.05, 0.1) is 0 Å². The van der Waals surface area contributed by atoms with E-state index in [-0.39, 0.29) is 10.8 Å². The molecule has 2 N–H and O–H groups in total. The zero-order valence-electron chi connectivity index (χ0n) is 18.2. The van der Waals surface area contributed by atoms with Crippen molar-refractivity contribution in [1.82, 2.24) is 10.2 Å². The van der Waals surface area contributed by atoms with Crippen LogP contribution in [0.25, 0.3) is 0 Å². The van der Waals surface area contributed by atoms with Crippen LogP contribution in [0.5, 0.6) is 5.75 Å². The molecule has 0 unspecified atom stereocenters. The Morgan fingerprint density at radius 1 is 0.962 bits per heavy atom. The summed E-state index contributed by atoms with van der Waals surface area (Å²) in [5.74, 6) is 1.12. The Morgan fingerprint density at radius 2 is 1.42 bits per heavy atom. The van der Waals surface area contributed by atoms with E-state index >= 15 is 0 Å². The van der Waals surface area contributed by atoms with E-state index in [9.17, 15) is 5.11 Å². The van der Waals surface area contributed by atoms with E-state index in [0.29, 0.717) is 17.7 Å². The third-order valence-electron chi connectivity index (χ3n) is 5.42. The highest BCUT2D eigenvalue weighted by Crippen LogP contribution is 2.42. The van der Waals surface area contributed by atoms with Crippen molar-refractivity contribution in [3.63, 3.8) is 0 Å². The van der Waals surface area contributed by atoms with Crippen LogP contribution in [-0.4, -0.2) is 36.2 Å². The van der Waals surface area contributed by atoms with Gasteiger partial charge >= 0.3 is 0 Å². The normalized spacial score (nSPS) is 18.3. The molecule has 3 nitrogen and oxygen atoms in total. The van der Waals surface area contributed by atoms with E-state index in [0.717, 1.165) is 43.7 Å². The van der Waals surface area contributed by atoms with Crippen molar-refractivity contribution < 1.29 is 5.11 Å². The first-order chi connectivity index (χ1) is 11.9. The molecule has 0 spiro atoms. The van der Waals surface area contributed by atoms with E-state index in [1.54, 1.807) is 0 Å². The third kappa shape index (κ3) is 5.01. The van der Waals surface area contributed by atoms with E-state index in [4.69, 9.17) is 0 Å². The van der Waals surface area contributed by atoms with Gasteiger partial charge in [0, 0.05) is 32.2 Å². The number of phenolic OH excluding ortho intramolecular Hbond substituents is 1. The number of rotatable bonds is 4. The number of hydrogen-bond acceptors (Lipinski definition) is 3. The highest BCUT2D eigenvalue weighted by atomic mass is 16.3. The maximum absolute atomic E-state index is 11.0. The second-order valence-electron chi connectivity index (χ2n) is 10.4. The number of hydrogen-bond donors (Lipinski definition) is 2. The van der Waals surface area contributed by atoms with Crippen molar-refractivity contribution in [3.8, 4) is 5.75 Å². The quantitative estimate of drug-likeness (QED) is 0.795. The lowest BCUT2D eigenvalue weighted by Crippen LogP contribution is -2.45. The zero-order chi connectivity index (χ0) is 19.7. The third-order valence-corrected chi connectivity index (χ3v) is 5.42. The Morgan fingerprint density at radius 3 is 1.81 bits per heavy atom. The highest BCUT2D eigenvalue weighted by molar-refractivity contribution is 5.50. The molecule has 0 amide bonds. The van der Waals surface area contributed by atoms with Gasteiger partial charge in [-0.15, -0.1) is 0 Å². The zero-order valence-corrected chi connectivity index (χ0v) is 18.2. The van der Waals surface area contributed by atoms with Gasteiger partial charge in [-0.25, -0.2) is 0 Å². The number of benzene rings is 1. The molecule has 148 valence electrons. The summed E-state index contributed by atoms with van der Waals surface area (Å²) in [5.41, 5.74) is 3.36. The van der Waals surface area contributed by atoms with Crippen LogP contribution in [0, 0.1) is 5.92 Å². The predicted octanol–water partition coefficient (Wildman–Crippen LogP) is 4.98. The smallest absolute Gasteiger partial charge is 0.123 e. The Labute approximate surface area is 161 Å². The summed E-state index contributed by atoms with van der Waals surface area (Å²) in [6.45, 7) is 22.1. The summed E-state index contributed by atoms with van der Waals surface area (Å²) in [7, 11) is 0. The van der Waals surface area contributed by atoms with Crippen LogP contribution in [0.3, 0.4) is 0 Å². The molecule has 3 heteroatoms. The minimum atomic E-state index is -0.0775. The maximum atomic E-state index is 11.0. The first-order valence-corrected chi connectivity index (χ1v) is 10.2. The lowest BCUT2D eigenvalue weighted by atomic mass is 9.77. The summed E-state index contributed by atoms with van der Waals surface area (Å²) in [4.78, 5) is 2.63. The minimum Gasteiger partial charge on any atom is -0.507 e. The van der Waals surface area contributed by atoms with Crippen molar-refractivity contribution in [2.45, 2.75) is 78.7 Å². The molecular weight excluding hydrogens is 320 g/mol. The first-order valence-electron chi connectivity index (χ1n) is 10.2. The van der Waals surface area contributed by atoms with E-state index in [1.807, 2.05) is 0 Å². The second kappa shape index (κ2) is 7.90. The summed E-state index contributed by atoms with van der Waals surface area (Å²) >= 11 is 0. The monoisotopic (exact) mass is 360 g/mol. The molecule has 1 aliphatic heterocycles. The number of phenols is 1. The topological polar surface area (TPSA) is 35.5 Å². The van der Waals surface area contributed by atoms with Crippen LogP contribution >= 0.6 is 0 Å². The van der Waals surface area contributed by atoms with Gasteiger partial charge in [-0.3, -0.25) is 4.90 Å². The molecule has 1 aromatic carbocycles. The highest BCUT2D eigenvalue weighted by Gasteiger charge is 2.30. The molecule has 26 heavy (non-hydrogen) atoms. The predicted molar refractivity (Wildman–Crippen MR) is 112 cm³/mol. The molecule has 1 heterocycles. The van der Waals surface area contributed by atoms with Crippen LogP contribution in [0.4, 0.5) is 0 Å². The van der Waals surface area contributed by atoms with E-state index in [1.165, 1.54) is 5.56 Å². The van der Waals surface area contributed by atoms with Crippen molar-refractivity contribution in [2.75, 3.05) is 26.2 Å². The van der Waals surface area contributed by atoms with E-state index in [2.05, 4.69) is 77.7 Å². The van der Waals surface area contributed by atoms with Gasteiger partial charge in [-0.05, 0) is 52.0 Å². The molecule has 1 saturated heterocycles. The van der Waals surface area contributed by atoms with Crippen LogP contribution in [-0.2, 0) is 10.8 Å². The lowest BCUT2D eigenvalue weighted by Gasteiger charge is -2.38. The van der Waals surface area contributed by atoms with Gasteiger partial charge in [0.25, 0.3) is 0 Å². The van der Waals surface area contributed by atoms with E-state index < -0.39 is 0 Å². The largest absolute Gasteiger partial charge is 0.507 e. The van der Waals surface area contributed by atoms with Crippen LogP contribution in [0.2, 0.25) is 0 Å². The number of piperazine rings is 1. The van der Waals surface area contributed by atoms with Crippen LogP contribution in [0.15, 0.2) is 12.1 Å².